The molecule has 0 N–H and O–H groups in total. The summed E-state index contributed by atoms with van der Waals surface area (Å²) < 4.78 is 5.17. The number of benzene rings is 2. The summed E-state index contributed by atoms with van der Waals surface area (Å²) >= 11 is 1.64. The van der Waals surface area contributed by atoms with E-state index in [4.69, 9.17) is 4.74 Å². The highest BCUT2D eigenvalue weighted by molar-refractivity contribution is 7.98. The molecule has 0 aliphatic carbocycles. The number of nitro benzene ring substituents is 1. The standard InChI is InChI=1S/C15H13NO4S/c1-21-14-8-2-11(3-9-14)10-20-15(17)12-4-6-13(7-5-12)16(18)19/h2-9H,10H2,1H3. The second-order valence-corrected chi connectivity index (χ2v) is 5.11. The van der Waals surface area contributed by atoms with Gasteiger partial charge in [0.25, 0.3) is 5.69 Å². The van der Waals surface area contributed by atoms with E-state index in [1.807, 2.05) is 30.5 Å². The molecule has 0 aliphatic heterocycles. The number of non-ortho nitro benzene ring substituents is 1. The summed E-state index contributed by atoms with van der Waals surface area (Å²) in [7, 11) is 0. The molecule has 0 unspecified atom stereocenters. The first-order valence-electron chi connectivity index (χ1n) is 6.14. The number of carbonyl (C=O) groups is 1. The van der Waals surface area contributed by atoms with Gasteiger partial charge in [0, 0.05) is 17.0 Å². The van der Waals surface area contributed by atoms with Crippen molar-refractivity contribution < 1.29 is 14.5 Å². The lowest BCUT2D eigenvalue weighted by Crippen LogP contribution is -2.05. The van der Waals surface area contributed by atoms with Crippen molar-refractivity contribution in [2.45, 2.75) is 11.5 Å². The molecule has 108 valence electrons. The Kier molecular flexibility index (Phi) is 4.94. The van der Waals surface area contributed by atoms with E-state index in [2.05, 4.69) is 0 Å². The van der Waals surface area contributed by atoms with E-state index in [1.54, 1.807) is 11.8 Å². The van der Waals surface area contributed by atoms with Crippen LogP contribution in [0.5, 0.6) is 0 Å². The molecule has 21 heavy (non-hydrogen) atoms. The molecule has 5 nitrogen and oxygen atoms in total. The van der Waals surface area contributed by atoms with Gasteiger partial charge in [-0.25, -0.2) is 4.79 Å². The molecule has 0 saturated heterocycles. The molecule has 2 aromatic rings. The average Bonchev–Trinajstić information content (AvgIpc) is 2.53. The Labute approximate surface area is 126 Å². The number of nitro groups is 1. The van der Waals surface area contributed by atoms with Crippen LogP contribution in [0, 0.1) is 10.1 Å². The summed E-state index contributed by atoms with van der Waals surface area (Å²) in [5, 5.41) is 10.5. The summed E-state index contributed by atoms with van der Waals surface area (Å²) in [5.74, 6) is -0.501. The van der Waals surface area contributed by atoms with Crippen LogP contribution in [0.25, 0.3) is 0 Å². The van der Waals surface area contributed by atoms with Crippen LogP contribution in [0.2, 0.25) is 0 Å². The second-order valence-electron chi connectivity index (χ2n) is 4.23. The molecule has 0 spiro atoms. The first kappa shape index (κ1) is 15.1. The molecule has 0 bridgehead atoms. The first-order valence-corrected chi connectivity index (χ1v) is 7.37. The summed E-state index contributed by atoms with van der Waals surface area (Å²) in [6.45, 7) is 0.171. The molecule has 2 aromatic carbocycles. The van der Waals surface area contributed by atoms with Gasteiger partial charge in [-0.1, -0.05) is 12.1 Å². The quantitative estimate of drug-likeness (QED) is 0.365. The van der Waals surface area contributed by atoms with Crippen LogP contribution in [0.3, 0.4) is 0 Å². The average molecular weight is 303 g/mol. The number of hydrogen-bond acceptors (Lipinski definition) is 5. The normalized spacial score (nSPS) is 10.1. The van der Waals surface area contributed by atoms with Gasteiger partial charge >= 0.3 is 5.97 Å². The third kappa shape index (κ3) is 4.06. The number of ether oxygens (including phenoxy) is 1. The fourth-order valence-corrected chi connectivity index (χ4v) is 2.08. The predicted octanol–water partition coefficient (Wildman–Crippen LogP) is 3.67. The molecular weight excluding hydrogens is 290 g/mol. The van der Waals surface area contributed by atoms with E-state index in [1.165, 1.54) is 24.3 Å². The van der Waals surface area contributed by atoms with E-state index in [0.29, 0.717) is 5.56 Å². The lowest BCUT2D eigenvalue weighted by Gasteiger charge is -2.05. The molecule has 0 aliphatic rings. The van der Waals surface area contributed by atoms with Gasteiger partial charge in [0.2, 0.25) is 0 Å². The Morgan fingerprint density at radius 2 is 1.76 bits per heavy atom. The second kappa shape index (κ2) is 6.90. The number of carbonyl (C=O) groups excluding carboxylic acids is 1. The lowest BCUT2D eigenvalue weighted by molar-refractivity contribution is -0.384. The van der Waals surface area contributed by atoms with Crippen molar-refractivity contribution >= 4 is 23.4 Å². The molecule has 0 atom stereocenters. The van der Waals surface area contributed by atoms with E-state index in [0.717, 1.165) is 10.5 Å². The van der Waals surface area contributed by atoms with Gasteiger partial charge < -0.3 is 4.74 Å². The highest BCUT2D eigenvalue weighted by Crippen LogP contribution is 2.16. The highest BCUT2D eigenvalue weighted by atomic mass is 32.2. The summed E-state index contributed by atoms with van der Waals surface area (Å²) in [5.41, 5.74) is 1.13. The van der Waals surface area contributed by atoms with E-state index in [-0.39, 0.29) is 12.3 Å². The SMILES string of the molecule is CSc1ccc(COC(=O)c2ccc([N+](=O)[O-])cc2)cc1. The van der Waals surface area contributed by atoms with E-state index < -0.39 is 10.9 Å². The fraction of sp³-hybridized carbons (Fsp3) is 0.133. The van der Waals surface area contributed by atoms with Crippen molar-refractivity contribution in [2.75, 3.05) is 6.26 Å². The van der Waals surface area contributed by atoms with Crippen molar-refractivity contribution in [1.29, 1.82) is 0 Å². The monoisotopic (exact) mass is 303 g/mol. The largest absolute Gasteiger partial charge is 0.457 e. The number of esters is 1. The Balaban J connectivity index is 1.95. The van der Waals surface area contributed by atoms with Gasteiger partial charge in [0.1, 0.15) is 6.61 Å². The number of thioether (sulfide) groups is 1. The van der Waals surface area contributed by atoms with Crippen LogP contribution in [0.4, 0.5) is 5.69 Å². The molecule has 6 heteroatoms. The van der Waals surface area contributed by atoms with Gasteiger partial charge in [-0.3, -0.25) is 10.1 Å². The Bertz CT molecular complexity index is 638. The van der Waals surface area contributed by atoms with Crippen LogP contribution in [-0.2, 0) is 11.3 Å². The summed E-state index contributed by atoms with van der Waals surface area (Å²) in [4.78, 5) is 23.0. The molecule has 0 heterocycles. The fourth-order valence-electron chi connectivity index (χ4n) is 1.67. The lowest BCUT2D eigenvalue weighted by atomic mass is 10.2. The summed E-state index contributed by atoms with van der Waals surface area (Å²) in [6.07, 6.45) is 1.99. The van der Waals surface area contributed by atoms with Crippen LogP contribution in [0.1, 0.15) is 15.9 Å². The third-order valence-electron chi connectivity index (χ3n) is 2.84. The zero-order valence-electron chi connectivity index (χ0n) is 11.3. The third-order valence-corrected chi connectivity index (χ3v) is 3.59. The molecular formula is C15H13NO4S. The molecule has 0 radical (unpaired) electrons. The van der Waals surface area contributed by atoms with E-state index in [9.17, 15) is 14.9 Å². The molecule has 0 fully saturated rings. The maximum Gasteiger partial charge on any atom is 0.338 e. The van der Waals surface area contributed by atoms with Gasteiger partial charge in [-0.2, -0.15) is 0 Å². The Morgan fingerprint density at radius 3 is 2.29 bits per heavy atom. The Morgan fingerprint density at radius 1 is 1.14 bits per heavy atom. The minimum absolute atomic E-state index is 0.0563. The summed E-state index contributed by atoms with van der Waals surface area (Å²) in [6, 6.07) is 13.0. The maximum atomic E-state index is 11.8. The Hall–Kier alpha value is -2.34. The minimum Gasteiger partial charge on any atom is -0.457 e. The zero-order valence-corrected chi connectivity index (χ0v) is 12.1. The van der Waals surface area contributed by atoms with Crippen molar-refractivity contribution in [2.24, 2.45) is 0 Å². The minimum atomic E-state index is -0.511. The number of rotatable bonds is 5. The topological polar surface area (TPSA) is 69.4 Å². The zero-order chi connectivity index (χ0) is 15.2. The molecule has 0 aromatic heterocycles. The first-order chi connectivity index (χ1) is 10.1. The van der Waals surface area contributed by atoms with E-state index >= 15 is 0 Å². The van der Waals surface area contributed by atoms with Crippen molar-refractivity contribution in [3.05, 3.63) is 69.8 Å². The van der Waals surface area contributed by atoms with Crippen LogP contribution >= 0.6 is 11.8 Å². The number of nitrogens with zero attached hydrogens (tertiary/aromatic N) is 1. The molecule has 0 saturated carbocycles. The van der Waals surface area contributed by atoms with Crippen molar-refractivity contribution in [1.82, 2.24) is 0 Å². The van der Waals surface area contributed by atoms with Gasteiger partial charge in [-0.05, 0) is 36.1 Å². The van der Waals surface area contributed by atoms with Gasteiger partial charge in [-0.15, -0.1) is 11.8 Å². The van der Waals surface area contributed by atoms with Crippen molar-refractivity contribution in [3.8, 4) is 0 Å². The van der Waals surface area contributed by atoms with Crippen molar-refractivity contribution in [3.63, 3.8) is 0 Å². The predicted molar refractivity (Wildman–Crippen MR) is 80.4 cm³/mol. The van der Waals surface area contributed by atoms with Crippen LogP contribution in [-0.4, -0.2) is 17.1 Å². The molecule has 2 rings (SSSR count). The van der Waals surface area contributed by atoms with Gasteiger partial charge in [0.15, 0.2) is 0 Å². The molecule has 0 amide bonds. The van der Waals surface area contributed by atoms with Crippen LogP contribution in [0.15, 0.2) is 53.4 Å². The van der Waals surface area contributed by atoms with Crippen LogP contribution < -0.4 is 0 Å². The highest BCUT2D eigenvalue weighted by Gasteiger charge is 2.10. The smallest absolute Gasteiger partial charge is 0.338 e. The number of hydrogen-bond donors (Lipinski definition) is 0. The van der Waals surface area contributed by atoms with Gasteiger partial charge in [0.05, 0.1) is 10.5 Å². The maximum absolute atomic E-state index is 11.8.